The standard InChI is InChI=1S/C22H27ClN2O2S/c1-3-14-24-22(27)20(4-2)25(15-17-10-8-9-13-19(17)23)21(26)16-28-18-11-6-5-7-12-18/h5-13,20H,3-4,14-16H2,1-2H3,(H,24,27)/t20-/m1/s1. The Morgan fingerprint density at radius 1 is 1.07 bits per heavy atom. The number of benzene rings is 2. The Kier molecular flexibility index (Phi) is 9.38. The van der Waals surface area contributed by atoms with Crippen molar-refractivity contribution in [1.29, 1.82) is 0 Å². The molecule has 0 aliphatic heterocycles. The second kappa shape index (κ2) is 11.8. The molecular formula is C22H27ClN2O2S. The fourth-order valence-corrected chi connectivity index (χ4v) is 3.84. The van der Waals surface area contributed by atoms with E-state index in [1.165, 1.54) is 11.8 Å². The predicted molar refractivity (Wildman–Crippen MR) is 117 cm³/mol. The van der Waals surface area contributed by atoms with Crippen LogP contribution in [0.3, 0.4) is 0 Å². The molecule has 0 heterocycles. The van der Waals surface area contributed by atoms with Crippen molar-refractivity contribution in [3.05, 3.63) is 65.2 Å². The fourth-order valence-electron chi connectivity index (χ4n) is 2.84. The minimum absolute atomic E-state index is 0.0766. The third-order valence-corrected chi connectivity index (χ3v) is 5.70. The molecule has 2 rings (SSSR count). The summed E-state index contributed by atoms with van der Waals surface area (Å²) in [5.74, 6) is 0.0770. The molecule has 0 saturated carbocycles. The van der Waals surface area contributed by atoms with Crippen molar-refractivity contribution in [3.8, 4) is 0 Å². The summed E-state index contributed by atoms with van der Waals surface area (Å²) >= 11 is 7.79. The van der Waals surface area contributed by atoms with Gasteiger partial charge in [-0.05, 0) is 36.6 Å². The molecule has 2 amide bonds. The quantitative estimate of drug-likeness (QED) is 0.565. The molecule has 0 aliphatic rings. The maximum Gasteiger partial charge on any atom is 0.242 e. The van der Waals surface area contributed by atoms with Crippen molar-refractivity contribution in [3.63, 3.8) is 0 Å². The summed E-state index contributed by atoms with van der Waals surface area (Å²) < 4.78 is 0. The highest BCUT2D eigenvalue weighted by atomic mass is 35.5. The lowest BCUT2D eigenvalue weighted by Crippen LogP contribution is -2.49. The first-order valence-electron chi connectivity index (χ1n) is 9.55. The van der Waals surface area contributed by atoms with Crippen LogP contribution in [0, 0.1) is 0 Å². The van der Waals surface area contributed by atoms with Crippen LogP contribution in [-0.4, -0.2) is 35.1 Å². The summed E-state index contributed by atoms with van der Waals surface area (Å²) in [6.45, 7) is 4.84. The van der Waals surface area contributed by atoms with E-state index < -0.39 is 6.04 Å². The Bertz CT molecular complexity index is 770. The highest BCUT2D eigenvalue weighted by Crippen LogP contribution is 2.22. The van der Waals surface area contributed by atoms with Crippen LogP contribution >= 0.6 is 23.4 Å². The molecule has 2 aromatic carbocycles. The average molecular weight is 419 g/mol. The molecule has 0 aliphatic carbocycles. The van der Waals surface area contributed by atoms with Crippen molar-refractivity contribution in [2.45, 2.75) is 44.2 Å². The zero-order valence-electron chi connectivity index (χ0n) is 16.4. The maximum atomic E-state index is 13.1. The highest BCUT2D eigenvalue weighted by Gasteiger charge is 2.28. The molecule has 0 spiro atoms. The van der Waals surface area contributed by atoms with Crippen molar-refractivity contribution in [1.82, 2.24) is 10.2 Å². The van der Waals surface area contributed by atoms with Gasteiger partial charge in [-0.1, -0.05) is 61.8 Å². The molecule has 0 aromatic heterocycles. The number of rotatable bonds is 10. The smallest absolute Gasteiger partial charge is 0.242 e. The van der Waals surface area contributed by atoms with Gasteiger partial charge in [-0.3, -0.25) is 9.59 Å². The number of amides is 2. The molecular weight excluding hydrogens is 392 g/mol. The van der Waals surface area contributed by atoms with E-state index in [0.717, 1.165) is 16.9 Å². The summed E-state index contributed by atoms with van der Waals surface area (Å²) in [5, 5.41) is 3.52. The van der Waals surface area contributed by atoms with Gasteiger partial charge in [-0.2, -0.15) is 0 Å². The summed E-state index contributed by atoms with van der Waals surface area (Å²) in [7, 11) is 0. The van der Waals surface area contributed by atoms with E-state index in [9.17, 15) is 9.59 Å². The molecule has 28 heavy (non-hydrogen) atoms. The molecule has 2 aromatic rings. The predicted octanol–water partition coefficient (Wildman–Crippen LogP) is 4.77. The molecule has 0 saturated heterocycles. The molecule has 6 heteroatoms. The van der Waals surface area contributed by atoms with E-state index >= 15 is 0 Å². The van der Waals surface area contributed by atoms with E-state index in [4.69, 9.17) is 11.6 Å². The van der Waals surface area contributed by atoms with E-state index in [0.29, 0.717) is 24.5 Å². The molecule has 1 N–H and O–H groups in total. The van der Waals surface area contributed by atoms with Gasteiger partial charge in [0.25, 0.3) is 0 Å². The summed E-state index contributed by atoms with van der Waals surface area (Å²) in [5.41, 5.74) is 0.837. The monoisotopic (exact) mass is 418 g/mol. The first-order chi connectivity index (χ1) is 13.6. The molecule has 1 atom stereocenters. The van der Waals surface area contributed by atoms with Crippen molar-refractivity contribution < 1.29 is 9.59 Å². The summed E-state index contributed by atoms with van der Waals surface area (Å²) in [6.07, 6.45) is 1.40. The SMILES string of the molecule is CCCNC(=O)[C@@H](CC)N(Cc1ccccc1Cl)C(=O)CSc1ccccc1. The molecule has 0 fully saturated rings. The minimum atomic E-state index is -0.522. The first kappa shape index (κ1) is 22.3. The Balaban J connectivity index is 2.19. The number of carbonyl (C=O) groups excluding carboxylic acids is 2. The van der Waals surface area contributed by atoms with Crippen LogP contribution in [0.4, 0.5) is 0 Å². The second-order valence-electron chi connectivity index (χ2n) is 6.43. The zero-order valence-corrected chi connectivity index (χ0v) is 17.9. The van der Waals surface area contributed by atoms with E-state index in [-0.39, 0.29) is 17.6 Å². The molecule has 150 valence electrons. The zero-order chi connectivity index (χ0) is 20.4. The van der Waals surface area contributed by atoms with Gasteiger partial charge < -0.3 is 10.2 Å². The molecule has 0 bridgehead atoms. The van der Waals surface area contributed by atoms with Crippen LogP contribution in [0.2, 0.25) is 5.02 Å². The lowest BCUT2D eigenvalue weighted by Gasteiger charge is -2.31. The van der Waals surface area contributed by atoms with Crippen LogP contribution in [-0.2, 0) is 16.1 Å². The third-order valence-electron chi connectivity index (χ3n) is 4.34. The van der Waals surface area contributed by atoms with Crippen LogP contribution in [0.1, 0.15) is 32.3 Å². The molecule has 4 nitrogen and oxygen atoms in total. The van der Waals surface area contributed by atoms with Crippen LogP contribution in [0.5, 0.6) is 0 Å². The Labute approximate surface area is 176 Å². The van der Waals surface area contributed by atoms with E-state index in [1.807, 2.05) is 62.4 Å². The second-order valence-corrected chi connectivity index (χ2v) is 7.89. The third kappa shape index (κ3) is 6.57. The Morgan fingerprint density at radius 2 is 1.75 bits per heavy atom. The van der Waals surface area contributed by atoms with Gasteiger partial charge in [-0.25, -0.2) is 0 Å². The Morgan fingerprint density at radius 3 is 2.39 bits per heavy atom. The van der Waals surface area contributed by atoms with Gasteiger partial charge in [-0.15, -0.1) is 11.8 Å². The minimum Gasteiger partial charge on any atom is -0.354 e. The normalized spacial score (nSPS) is 11.7. The van der Waals surface area contributed by atoms with Gasteiger partial charge in [0.05, 0.1) is 5.75 Å². The van der Waals surface area contributed by atoms with Gasteiger partial charge >= 0.3 is 0 Å². The largest absolute Gasteiger partial charge is 0.354 e. The highest BCUT2D eigenvalue weighted by molar-refractivity contribution is 8.00. The van der Waals surface area contributed by atoms with E-state index in [2.05, 4.69) is 5.32 Å². The van der Waals surface area contributed by atoms with Crippen LogP contribution in [0.15, 0.2) is 59.5 Å². The number of nitrogens with zero attached hydrogens (tertiary/aromatic N) is 1. The number of thioether (sulfide) groups is 1. The number of halogens is 1. The van der Waals surface area contributed by atoms with Crippen molar-refractivity contribution >= 4 is 35.2 Å². The van der Waals surface area contributed by atoms with Gasteiger partial charge in [0.1, 0.15) is 6.04 Å². The van der Waals surface area contributed by atoms with Crippen LogP contribution in [0.25, 0.3) is 0 Å². The Hall–Kier alpha value is -1.98. The van der Waals surface area contributed by atoms with Gasteiger partial charge in [0.2, 0.25) is 11.8 Å². The number of nitrogens with one attached hydrogen (secondary N) is 1. The van der Waals surface area contributed by atoms with Crippen LogP contribution < -0.4 is 5.32 Å². The lowest BCUT2D eigenvalue weighted by atomic mass is 10.1. The number of hydrogen-bond donors (Lipinski definition) is 1. The van der Waals surface area contributed by atoms with Crippen molar-refractivity contribution in [2.75, 3.05) is 12.3 Å². The number of carbonyl (C=O) groups is 2. The van der Waals surface area contributed by atoms with Gasteiger partial charge in [0.15, 0.2) is 0 Å². The number of hydrogen-bond acceptors (Lipinski definition) is 3. The fraction of sp³-hybridized carbons (Fsp3) is 0.364. The van der Waals surface area contributed by atoms with E-state index in [1.54, 1.807) is 11.0 Å². The first-order valence-corrected chi connectivity index (χ1v) is 10.9. The molecule has 0 unspecified atom stereocenters. The topological polar surface area (TPSA) is 49.4 Å². The molecule has 0 radical (unpaired) electrons. The summed E-state index contributed by atoms with van der Waals surface area (Å²) in [6, 6.07) is 16.7. The van der Waals surface area contributed by atoms with Gasteiger partial charge in [0, 0.05) is 23.0 Å². The average Bonchev–Trinajstić information content (AvgIpc) is 2.72. The van der Waals surface area contributed by atoms with Crippen molar-refractivity contribution in [2.24, 2.45) is 0 Å². The maximum absolute atomic E-state index is 13.1. The lowest BCUT2D eigenvalue weighted by molar-refractivity contribution is -0.139. The summed E-state index contributed by atoms with van der Waals surface area (Å²) in [4.78, 5) is 28.5.